The van der Waals surface area contributed by atoms with E-state index in [0.717, 1.165) is 37.9 Å². The molecule has 1 aromatic carbocycles. The summed E-state index contributed by atoms with van der Waals surface area (Å²) in [6, 6.07) is 9.80. The van der Waals surface area contributed by atoms with Gasteiger partial charge in [-0.2, -0.15) is 0 Å². The fraction of sp³-hybridized carbons (Fsp3) is 0.562. The number of nitrogens with one attached hydrogen (secondary N) is 1. The van der Waals surface area contributed by atoms with Gasteiger partial charge in [-0.3, -0.25) is 0 Å². The first-order chi connectivity index (χ1) is 9.65. The third kappa shape index (κ3) is 3.51. The average molecular weight is 276 g/mol. The molecule has 20 heavy (non-hydrogen) atoms. The summed E-state index contributed by atoms with van der Waals surface area (Å²) in [5.74, 6) is 0. The van der Waals surface area contributed by atoms with Gasteiger partial charge in [-0.1, -0.05) is 30.3 Å². The van der Waals surface area contributed by atoms with Crippen molar-refractivity contribution in [1.82, 2.24) is 10.2 Å². The van der Waals surface area contributed by atoms with Gasteiger partial charge in [0.2, 0.25) is 0 Å². The van der Waals surface area contributed by atoms with Crippen LogP contribution in [0.5, 0.6) is 0 Å². The maximum atomic E-state index is 12.1. The predicted octanol–water partition coefficient (Wildman–Crippen LogP) is 2.79. The molecular weight excluding hydrogens is 252 g/mol. The van der Waals surface area contributed by atoms with E-state index in [4.69, 9.17) is 4.74 Å². The number of ether oxygens (including phenoxy) is 1. The van der Waals surface area contributed by atoms with Crippen LogP contribution in [0.4, 0.5) is 4.79 Å². The monoisotopic (exact) mass is 276 g/mol. The minimum atomic E-state index is -0.188. The van der Waals surface area contributed by atoms with Gasteiger partial charge in [-0.25, -0.2) is 4.79 Å². The summed E-state index contributed by atoms with van der Waals surface area (Å²) in [6.45, 7) is 4.30. The molecule has 0 aliphatic carbocycles. The molecule has 1 amide bonds. The molecular formula is C16H24N2O2. The lowest BCUT2D eigenvalue weighted by atomic mass is 9.83. The zero-order valence-corrected chi connectivity index (χ0v) is 12.4. The maximum absolute atomic E-state index is 12.1. The Bertz CT molecular complexity index is 435. The second-order valence-electron chi connectivity index (χ2n) is 5.65. The molecule has 1 atom stereocenters. The second kappa shape index (κ2) is 6.75. The summed E-state index contributed by atoms with van der Waals surface area (Å²) in [6.07, 6.45) is 2.98. The van der Waals surface area contributed by atoms with E-state index < -0.39 is 0 Å². The number of hydrogen-bond acceptors (Lipinski definition) is 3. The topological polar surface area (TPSA) is 41.6 Å². The molecule has 110 valence electrons. The Balaban J connectivity index is 1.80. The molecule has 4 heteroatoms. The standard InChI is InChI=1S/C16H24N2O2/c1-16(9-6-11-17-2)10-12-18(16)15(19)20-13-14-7-4-3-5-8-14/h3-5,7-8,17H,6,9-13H2,1-2H3/t16-/m1/s1. The molecule has 1 heterocycles. The highest BCUT2D eigenvalue weighted by Crippen LogP contribution is 2.35. The van der Waals surface area contributed by atoms with Crippen molar-refractivity contribution in [2.75, 3.05) is 20.1 Å². The molecule has 4 nitrogen and oxygen atoms in total. The maximum Gasteiger partial charge on any atom is 0.410 e. The fourth-order valence-electron chi connectivity index (χ4n) is 2.62. The summed E-state index contributed by atoms with van der Waals surface area (Å²) >= 11 is 0. The van der Waals surface area contributed by atoms with Gasteiger partial charge in [0, 0.05) is 12.1 Å². The Morgan fingerprint density at radius 2 is 2.15 bits per heavy atom. The zero-order valence-electron chi connectivity index (χ0n) is 12.4. The Labute approximate surface area is 121 Å². The lowest BCUT2D eigenvalue weighted by Crippen LogP contribution is -2.60. The van der Waals surface area contributed by atoms with Crippen LogP contribution in [0.2, 0.25) is 0 Å². The number of carbonyl (C=O) groups is 1. The van der Waals surface area contributed by atoms with Crippen molar-refractivity contribution in [3.05, 3.63) is 35.9 Å². The van der Waals surface area contributed by atoms with E-state index in [1.807, 2.05) is 42.3 Å². The normalized spacial score (nSPS) is 21.4. The van der Waals surface area contributed by atoms with E-state index in [-0.39, 0.29) is 11.6 Å². The van der Waals surface area contributed by atoms with Gasteiger partial charge in [-0.15, -0.1) is 0 Å². The molecule has 1 saturated heterocycles. The first-order valence-corrected chi connectivity index (χ1v) is 7.29. The van der Waals surface area contributed by atoms with Gasteiger partial charge in [0.25, 0.3) is 0 Å². The van der Waals surface area contributed by atoms with Crippen LogP contribution >= 0.6 is 0 Å². The summed E-state index contributed by atoms with van der Waals surface area (Å²) in [5.41, 5.74) is 1.00. The molecule has 1 N–H and O–H groups in total. The number of hydrogen-bond donors (Lipinski definition) is 1. The van der Waals surface area contributed by atoms with Crippen molar-refractivity contribution < 1.29 is 9.53 Å². The summed E-state index contributed by atoms with van der Waals surface area (Å²) in [4.78, 5) is 14.0. The lowest BCUT2D eigenvalue weighted by Gasteiger charge is -2.50. The highest BCUT2D eigenvalue weighted by Gasteiger charge is 2.43. The molecule has 1 fully saturated rings. The number of likely N-dealkylation sites (tertiary alicyclic amines) is 1. The highest BCUT2D eigenvalue weighted by molar-refractivity contribution is 5.70. The van der Waals surface area contributed by atoms with Gasteiger partial charge in [0.05, 0.1) is 0 Å². The third-order valence-corrected chi connectivity index (χ3v) is 4.09. The van der Waals surface area contributed by atoms with Crippen LogP contribution < -0.4 is 5.32 Å². The van der Waals surface area contributed by atoms with Crippen LogP contribution in [0.25, 0.3) is 0 Å². The lowest BCUT2D eigenvalue weighted by molar-refractivity contribution is -0.0122. The first kappa shape index (κ1) is 14.9. The van der Waals surface area contributed by atoms with Gasteiger partial charge in [-0.05, 0) is 45.3 Å². The Morgan fingerprint density at radius 3 is 2.75 bits per heavy atom. The predicted molar refractivity (Wildman–Crippen MR) is 79.5 cm³/mol. The third-order valence-electron chi connectivity index (χ3n) is 4.09. The van der Waals surface area contributed by atoms with E-state index in [1.165, 1.54) is 0 Å². The molecule has 0 unspecified atom stereocenters. The van der Waals surface area contributed by atoms with Crippen molar-refractivity contribution in [2.24, 2.45) is 0 Å². The van der Waals surface area contributed by atoms with Crippen LogP contribution in [0.1, 0.15) is 31.7 Å². The van der Waals surface area contributed by atoms with Crippen LogP contribution in [0.15, 0.2) is 30.3 Å². The van der Waals surface area contributed by atoms with Gasteiger partial charge >= 0.3 is 6.09 Å². The smallest absolute Gasteiger partial charge is 0.410 e. The molecule has 1 aliphatic heterocycles. The SMILES string of the molecule is CNCCC[C@]1(C)CCN1C(=O)OCc1ccccc1. The van der Waals surface area contributed by atoms with Gasteiger partial charge < -0.3 is 15.0 Å². The van der Waals surface area contributed by atoms with E-state index in [1.54, 1.807) is 0 Å². The second-order valence-corrected chi connectivity index (χ2v) is 5.65. The van der Waals surface area contributed by atoms with Crippen LogP contribution in [0, 0.1) is 0 Å². The van der Waals surface area contributed by atoms with E-state index in [2.05, 4.69) is 12.2 Å². The number of amides is 1. The Hall–Kier alpha value is -1.55. The number of nitrogens with zero attached hydrogens (tertiary/aromatic N) is 1. The summed E-state index contributed by atoms with van der Waals surface area (Å²) in [7, 11) is 1.95. The van der Waals surface area contributed by atoms with Crippen molar-refractivity contribution >= 4 is 6.09 Å². The number of carbonyl (C=O) groups excluding carboxylic acids is 1. The van der Waals surface area contributed by atoms with Crippen molar-refractivity contribution in [1.29, 1.82) is 0 Å². The van der Waals surface area contributed by atoms with E-state index in [0.29, 0.717) is 6.61 Å². The largest absolute Gasteiger partial charge is 0.445 e. The van der Waals surface area contributed by atoms with Crippen molar-refractivity contribution in [3.63, 3.8) is 0 Å². The summed E-state index contributed by atoms with van der Waals surface area (Å²) in [5, 5.41) is 3.14. The zero-order chi connectivity index (χ0) is 14.4. The first-order valence-electron chi connectivity index (χ1n) is 7.29. The number of benzene rings is 1. The molecule has 1 aliphatic rings. The van der Waals surface area contributed by atoms with Crippen LogP contribution in [-0.4, -0.2) is 36.7 Å². The number of rotatable bonds is 6. The fourth-order valence-corrected chi connectivity index (χ4v) is 2.62. The molecule has 1 aromatic rings. The van der Waals surface area contributed by atoms with E-state index in [9.17, 15) is 4.79 Å². The average Bonchev–Trinajstić information content (AvgIpc) is 2.45. The quantitative estimate of drug-likeness (QED) is 0.812. The molecule has 0 aromatic heterocycles. The summed E-state index contributed by atoms with van der Waals surface area (Å²) < 4.78 is 5.41. The van der Waals surface area contributed by atoms with Crippen LogP contribution in [-0.2, 0) is 11.3 Å². The minimum absolute atomic E-state index is 0.0232. The minimum Gasteiger partial charge on any atom is -0.445 e. The molecule has 0 saturated carbocycles. The van der Waals surface area contributed by atoms with Gasteiger partial charge in [0.1, 0.15) is 6.61 Å². The van der Waals surface area contributed by atoms with Crippen LogP contribution in [0.3, 0.4) is 0 Å². The molecule has 0 radical (unpaired) electrons. The van der Waals surface area contributed by atoms with Crippen molar-refractivity contribution in [3.8, 4) is 0 Å². The van der Waals surface area contributed by atoms with Gasteiger partial charge in [0.15, 0.2) is 0 Å². The highest BCUT2D eigenvalue weighted by atomic mass is 16.6. The van der Waals surface area contributed by atoms with Crippen molar-refractivity contribution in [2.45, 2.75) is 38.3 Å². The Kier molecular flexibility index (Phi) is 5.01. The molecule has 2 rings (SSSR count). The molecule has 0 bridgehead atoms. The molecule has 0 spiro atoms. The Morgan fingerprint density at radius 1 is 1.40 bits per heavy atom. The van der Waals surface area contributed by atoms with E-state index >= 15 is 0 Å².